The van der Waals surface area contributed by atoms with Crippen molar-refractivity contribution in [1.82, 2.24) is 4.90 Å². The smallest absolute Gasteiger partial charge is 0.339 e. The van der Waals surface area contributed by atoms with Crippen LogP contribution in [0.25, 0.3) is 0 Å². The third kappa shape index (κ3) is 3.26. The molecule has 1 saturated carbocycles. The monoisotopic (exact) mass is 404 g/mol. The number of rotatable bonds is 2. The van der Waals surface area contributed by atoms with E-state index in [0.717, 1.165) is 50.8 Å². The Kier molecular flexibility index (Phi) is 4.97. The van der Waals surface area contributed by atoms with Gasteiger partial charge < -0.3 is 14.5 Å². The third-order valence-electron chi connectivity index (χ3n) is 6.97. The maximum Gasteiger partial charge on any atom is 0.339 e. The van der Waals surface area contributed by atoms with Crippen LogP contribution in [0.2, 0.25) is 0 Å². The van der Waals surface area contributed by atoms with Crippen LogP contribution in [0.15, 0.2) is 54.6 Å². The van der Waals surface area contributed by atoms with E-state index in [4.69, 9.17) is 4.74 Å². The highest BCUT2D eigenvalue weighted by Gasteiger charge is 2.53. The van der Waals surface area contributed by atoms with Crippen LogP contribution < -0.4 is 4.90 Å². The summed E-state index contributed by atoms with van der Waals surface area (Å²) in [7, 11) is 0. The Hall–Kier alpha value is -2.82. The zero-order valence-electron chi connectivity index (χ0n) is 17.3. The zero-order valence-corrected chi connectivity index (χ0v) is 17.3. The zero-order chi connectivity index (χ0) is 20.6. The first-order valence-corrected chi connectivity index (χ1v) is 11.1. The Morgan fingerprint density at radius 1 is 0.867 bits per heavy atom. The molecule has 5 nitrogen and oxygen atoms in total. The lowest BCUT2D eigenvalue weighted by molar-refractivity contribution is -0.143. The van der Waals surface area contributed by atoms with Gasteiger partial charge in [-0.05, 0) is 49.4 Å². The highest BCUT2D eigenvalue weighted by Crippen LogP contribution is 2.48. The van der Waals surface area contributed by atoms with Gasteiger partial charge in [0, 0.05) is 31.9 Å². The number of piperazine rings is 1. The van der Waals surface area contributed by atoms with Crippen LogP contribution in [-0.2, 0) is 9.53 Å². The van der Waals surface area contributed by atoms with E-state index < -0.39 is 11.5 Å². The van der Waals surface area contributed by atoms with Gasteiger partial charge in [-0.25, -0.2) is 4.79 Å². The summed E-state index contributed by atoms with van der Waals surface area (Å²) in [6, 6.07) is 17.9. The minimum atomic E-state index is -0.683. The van der Waals surface area contributed by atoms with E-state index >= 15 is 0 Å². The predicted molar refractivity (Wildman–Crippen MR) is 116 cm³/mol. The maximum atomic E-state index is 13.9. The largest absolute Gasteiger partial charge is 0.454 e. The number of nitrogens with zero attached hydrogens (tertiary/aromatic N) is 2. The predicted octanol–water partition coefficient (Wildman–Crippen LogP) is 3.99. The Balaban J connectivity index is 1.41. The molecule has 2 aromatic rings. The quantitative estimate of drug-likeness (QED) is 0.710. The molecule has 1 atom stereocenters. The first-order chi connectivity index (χ1) is 14.7. The Bertz CT molecular complexity index is 928. The van der Waals surface area contributed by atoms with E-state index in [1.54, 1.807) is 6.07 Å². The number of hydrogen-bond donors (Lipinski definition) is 0. The van der Waals surface area contributed by atoms with Gasteiger partial charge in [0.25, 0.3) is 0 Å². The molecule has 1 spiro atoms. The number of ether oxygens (including phenoxy) is 1. The van der Waals surface area contributed by atoms with Gasteiger partial charge in [0.15, 0.2) is 0 Å². The number of carbonyl (C=O) groups excluding carboxylic acids is 2. The fraction of sp³-hybridized carbons (Fsp3) is 0.440. The molecular weight excluding hydrogens is 376 g/mol. The molecule has 2 aliphatic heterocycles. The second kappa shape index (κ2) is 7.78. The fourth-order valence-electron chi connectivity index (χ4n) is 5.42. The first-order valence-electron chi connectivity index (χ1n) is 11.1. The lowest BCUT2D eigenvalue weighted by Gasteiger charge is -2.47. The van der Waals surface area contributed by atoms with E-state index in [9.17, 15) is 9.59 Å². The number of fused-ring (bicyclic) bond motifs is 1. The molecular formula is C25H28N2O3. The summed E-state index contributed by atoms with van der Waals surface area (Å²) in [6.07, 6.45) is 4.68. The van der Waals surface area contributed by atoms with Crippen LogP contribution in [0.1, 0.15) is 53.9 Å². The summed E-state index contributed by atoms with van der Waals surface area (Å²) in [5, 5.41) is 0. The molecule has 30 heavy (non-hydrogen) atoms. The maximum absolute atomic E-state index is 13.9. The van der Waals surface area contributed by atoms with Crippen molar-refractivity contribution >= 4 is 17.6 Å². The van der Waals surface area contributed by atoms with Crippen molar-refractivity contribution in [2.24, 2.45) is 0 Å². The van der Waals surface area contributed by atoms with Crippen LogP contribution in [-0.4, -0.2) is 48.6 Å². The SMILES string of the molecule is O=C1OC2(CCCCC2)C(C(=O)N2CCN(c3ccccc3)CC2)c2ccccc21. The van der Waals surface area contributed by atoms with Gasteiger partial charge in [0.1, 0.15) is 11.5 Å². The average Bonchev–Trinajstić information content (AvgIpc) is 2.80. The molecule has 2 aromatic carbocycles. The minimum Gasteiger partial charge on any atom is -0.454 e. The number of anilines is 1. The van der Waals surface area contributed by atoms with Crippen LogP contribution >= 0.6 is 0 Å². The summed E-state index contributed by atoms with van der Waals surface area (Å²) < 4.78 is 6.06. The molecule has 0 bridgehead atoms. The van der Waals surface area contributed by atoms with Crippen LogP contribution in [0.3, 0.4) is 0 Å². The second-order valence-corrected chi connectivity index (χ2v) is 8.68. The molecule has 2 fully saturated rings. The van der Waals surface area contributed by atoms with Gasteiger partial charge in [0.2, 0.25) is 5.91 Å². The summed E-state index contributed by atoms with van der Waals surface area (Å²) in [5.41, 5.74) is 1.92. The molecule has 1 unspecified atom stereocenters. The molecule has 0 N–H and O–H groups in total. The van der Waals surface area contributed by atoms with Crippen molar-refractivity contribution in [3.05, 3.63) is 65.7 Å². The number of carbonyl (C=O) groups is 2. The van der Waals surface area contributed by atoms with Gasteiger partial charge in [-0.1, -0.05) is 42.8 Å². The summed E-state index contributed by atoms with van der Waals surface area (Å²) in [5.74, 6) is -0.551. The molecule has 0 radical (unpaired) electrons. The summed E-state index contributed by atoms with van der Waals surface area (Å²) >= 11 is 0. The molecule has 5 rings (SSSR count). The van der Waals surface area contributed by atoms with Gasteiger partial charge in [0.05, 0.1) is 5.56 Å². The normalized spacial score (nSPS) is 23.1. The molecule has 1 amide bonds. The van der Waals surface area contributed by atoms with E-state index in [-0.39, 0.29) is 11.9 Å². The van der Waals surface area contributed by atoms with E-state index in [2.05, 4.69) is 17.0 Å². The topological polar surface area (TPSA) is 49.9 Å². The lowest BCUT2D eigenvalue weighted by atomic mass is 9.69. The van der Waals surface area contributed by atoms with Gasteiger partial charge in [-0.2, -0.15) is 0 Å². The van der Waals surface area contributed by atoms with Crippen molar-refractivity contribution in [2.45, 2.75) is 43.6 Å². The van der Waals surface area contributed by atoms with E-state index in [1.165, 1.54) is 5.69 Å². The number of hydrogen-bond acceptors (Lipinski definition) is 4. The van der Waals surface area contributed by atoms with Crippen LogP contribution in [0.4, 0.5) is 5.69 Å². The van der Waals surface area contributed by atoms with Gasteiger partial charge in [-0.15, -0.1) is 0 Å². The Morgan fingerprint density at radius 3 is 2.27 bits per heavy atom. The highest BCUT2D eigenvalue weighted by atomic mass is 16.6. The fourth-order valence-corrected chi connectivity index (χ4v) is 5.42. The van der Waals surface area contributed by atoms with Gasteiger partial charge >= 0.3 is 5.97 Å². The Morgan fingerprint density at radius 2 is 1.53 bits per heavy atom. The minimum absolute atomic E-state index is 0.115. The number of para-hydroxylation sites is 1. The van der Waals surface area contributed by atoms with Gasteiger partial charge in [-0.3, -0.25) is 4.79 Å². The number of amides is 1. The molecule has 156 valence electrons. The second-order valence-electron chi connectivity index (χ2n) is 8.68. The number of esters is 1. The van der Waals surface area contributed by atoms with E-state index in [0.29, 0.717) is 18.7 Å². The molecule has 0 aromatic heterocycles. The molecule has 2 heterocycles. The summed E-state index contributed by atoms with van der Waals surface area (Å²) in [6.45, 7) is 3.01. The first kappa shape index (κ1) is 19.2. The highest BCUT2D eigenvalue weighted by molar-refractivity contribution is 5.98. The Labute approximate surface area is 177 Å². The van der Waals surface area contributed by atoms with Crippen molar-refractivity contribution in [3.63, 3.8) is 0 Å². The van der Waals surface area contributed by atoms with Crippen LogP contribution in [0, 0.1) is 0 Å². The van der Waals surface area contributed by atoms with Crippen molar-refractivity contribution in [3.8, 4) is 0 Å². The van der Waals surface area contributed by atoms with E-state index in [1.807, 2.05) is 41.3 Å². The summed E-state index contributed by atoms with van der Waals surface area (Å²) in [4.78, 5) is 30.9. The molecule has 1 saturated heterocycles. The van der Waals surface area contributed by atoms with Crippen molar-refractivity contribution in [1.29, 1.82) is 0 Å². The lowest BCUT2D eigenvalue weighted by Crippen LogP contribution is -2.56. The molecule has 5 heteroatoms. The molecule has 3 aliphatic rings. The standard InChI is InChI=1S/C25H28N2O3/c28-23(27-17-15-26(16-18-27)19-9-3-1-4-10-19)22-20-11-5-6-12-21(20)24(29)30-25(22)13-7-2-8-14-25/h1,3-6,9-12,22H,2,7-8,13-18H2. The van der Waals surface area contributed by atoms with Crippen LogP contribution in [0.5, 0.6) is 0 Å². The number of benzene rings is 2. The average molecular weight is 405 g/mol. The third-order valence-corrected chi connectivity index (χ3v) is 6.97. The van der Waals surface area contributed by atoms with Crippen molar-refractivity contribution in [2.75, 3.05) is 31.1 Å². The van der Waals surface area contributed by atoms with Crippen molar-refractivity contribution < 1.29 is 14.3 Å². The molecule has 1 aliphatic carbocycles.